The Morgan fingerprint density at radius 2 is 2.26 bits per heavy atom. The Morgan fingerprint density at radius 3 is 2.84 bits per heavy atom. The normalized spacial score (nSPS) is 16.6. The molecule has 19 heavy (non-hydrogen) atoms. The summed E-state index contributed by atoms with van der Waals surface area (Å²) < 4.78 is 7.07. The number of carbonyl (C=O) groups excluding carboxylic acids is 1. The number of hydrogen-bond donors (Lipinski definition) is 1. The van der Waals surface area contributed by atoms with Gasteiger partial charge in [-0.2, -0.15) is 0 Å². The lowest BCUT2D eigenvalue weighted by Gasteiger charge is -2.15. The summed E-state index contributed by atoms with van der Waals surface area (Å²) in [6.07, 6.45) is 6.58. The van der Waals surface area contributed by atoms with Gasteiger partial charge in [0.05, 0.1) is 6.10 Å². The van der Waals surface area contributed by atoms with Gasteiger partial charge in [-0.3, -0.25) is 4.79 Å². The molecule has 1 fully saturated rings. The quantitative estimate of drug-likeness (QED) is 0.769. The molecule has 1 saturated carbocycles. The molecule has 1 aromatic heterocycles. The van der Waals surface area contributed by atoms with E-state index in [1.807, 2.05) is 24.6 Å². The first kappa shape index (κ1) is 14.1. The van der Waals surface area contributed by atoms with Crippen molar-refractivity contribution in [1.29, 1.82) is 0 Å². The number of esters is 1. The molecule has 2 rings (SSSR count). The summed E-state index contributed by atoms with van der Waals surface area (Å²) in [5, 5.41) is 3.53. The van der Waals surface area contributed by atoms with Crippen LogP contribution in [-0.4, -0.2) is 23.2 Å². The van der Waals surface area contributed by atoms with E-state index in [4.69, 9.17) is 4.74 Å². The van der Waals surface area contributed by atoms with Crippen LogP contribution in [0.1, 0.15) is 45.2 Å². The monoisotopic (exact) mass is 264 g/mol. The van der Waals surface area contributed by atoms with Crippen LogP contribution in [0.15, 0.2) is 18.5 Å². The largest absolute Gasteiger partial charge is 0.462 e. The van der Waals surface area contributed by atoms with Gasteiger partial charge in [-0.1, -0.05) is 6.92 Å². The average Bonchev–Trinajstić information content (AvgIpc) is 3.06. The Morgan fingerprint density at radius 1 is 1.53 bits per heavy atom. The highest BCUT2D eigenvalue weighted by Gasteiger charge is 2.32. The van der Waals surface area contributed by atoms with Crippen LogP contribution in [0.2, 0.25) is 0 Å². The van der Waals surface area contributed by atoms with E-state index in [2.05, 4.69) is 24.5 Å². The van der Waals surface area contributed by atoms with Crippen molar-refractivity contribution in [2.45, 2.75) is 52.3 Å². The van der Waals surface area contributed by atoms with E-state index >= 15 is 0 Å². The lowest BCUT2D eigenvalue weighted by atomic mass is 10.1. The number of aromatic nitrogens is 1. The molecule has 1 unspecified atom stereocenters. The summed E-state index contributed by atoms with van der Waals surface area (Å²) in [7, 11) is 0. The number of nitrogens with one attached hydrogen (secondary N) is 1. The fourth-order valence-electron chi connectivity index (χ4n) is 2.40. The Balaban J connectivity index is 1.95. The minimum absolute atomic E-state index is 0.0523. The summed E-state index contributed by atoms with van der Waals surface area (Å²) in [6, 6.07) is 2.54. The zero-order valence-corrected chi connectivity index (χ0v) is 12.1. The lowest BCUT2D eigenvalue weighted by Crippen LogP contribution is -2.22. The molecule has 1 aromatic rings. The Hall–Kier alpha value is -1.29. The van der Waals surface area contributed by atoms with Gasteiger partial charge in [0, 0.05) is 18.4 Å². The van der Waals surface area contributed by atoms with Crippen LogP contribution >= 0.6 is 0 Å². The third-order valence-electron chi connectivity index (χ3n) is 3.33. The van der Waals surface area contributed by atoms with Crippen molar-refractivity contribution >= 4 is 5.97 Å². The second kappa shape index (κ2) is 6.24. The zero-order valence-electron chi connectivity index (χ0n) is 12.1. The maximum atomic E-state index is 11.6. The number of carbonyl (C=O) groups is 1. The maximum Gasteiger partial charge on any atom is 0.326 e. The third-order valence-corrected chi connectivity index (χ3v) is 3.33. The average molecular weight is 264 g/mol. The molecule has 106 valence electrons. The van der Waals surface area contributed by atoms with Gasteiger partial charge in [-0.25, -0.2) is 0 Å². The molecule has 0 saturated heterocycles. The first-order chi connectivity index (χ1) is 9.10. The van der Waals surface area contributed by atoms with Gasteiger partial charge in [0.15, 0.2) is 0 Å². The topological polar surface area (TPSA) is 43.3 Å². The van der Waals surface area contributed by atoms with Crippen molar-refractivity contribution in [3.8, 4) is 0 Å². The Kier molecular flexibility index (Phi) is 4.64. The fourth-order valence-corrected chi connectivity index (χ4v) is 2.40. The fraction of sp³-hybridized carbons (Fsp3) is 0.667. The van der Waals surface area contributed by atoms with E-state index in [9.17, 15) is 4.79 Å². The predicted octanol–water partition coefficient (Wildman–Crippen LogP) is 2.50. The molecule has 1 aliphatic carbocycles. The first-order valence-electron chi connectivity index (χ1n) is 7.18. The van der Waals surface area contributed by atoms with Crippen molar-refractivity contribution in [3.05, 3.63) is 24.0 Å². The molecule has 0 spiro atoms. The van der Waals surface area contributed by atoms with Crippen LogP contribution in [0.3, 0.4) is 0 Å². The van der Waals surface area contributed by atoms with Crippen LogP contribution < -0.4 is 5.32 Å². The molecule has 1 atom stereocenters. The van der Waals surface area contributed by atoms with Crippen molar-refractivity contribution < 1.29 is 9.53 Å². The van der Waals surface area contributed by atoms with Gasteiger partial charge in [-0.15, -0.1) is 0 Å². The van der Waals surface area contributed by atoms with Gasteiger partial charge in [0.1, 0.15) is 6.54 Å². The van der Waals surface area contributed by atoms with Crippen molar-refractivity contribution in [2.75, 3.05) is 6.54 Å². The van der Waals surface area contributed by atoms with E-state index in [1.54, 1.807) is 0 Å². The van der Waals surface area contributed by atoms with Crippen molar-refractivity contribution in [1.82, 2.24) is 9.88 Å². The molecule has 0 aromatic carbocycles. The summed E-state index contributed by atoms with van der Waals surface area (Å²) in [6.45, 7) is 7.14. The number of hydrogen-bond acceptors (Lipinski definition) is 3. The molecule has 4 heteroatoms. The van der Waals surface area contributed by atoms with Crippen LogP contribution in [0, 0.1) is 5.92 Å². The summed E-state index contributed by atoms with van der Waals surface area (Å²) in [5.41, 5.74) is 1.28. The van der Waals surface area contributed by atoms with Crippen molar-refractivity contribution in [3.63, 3.8) is 0 Å². The van der Waals surface area contributed by atoms with Gasteiger partial charge < -0.3 is 14.6 Å². The van der Waals surface area contributed by atoms with Crippen LogP contribution in [0.5, 0.6) is 0 Å². The molecule has 0 aliphatic heterocycles. The lowest BCUT2D eigenvalue weighted by molar-refractivity contribution is -0.148. The molecular formula is C15H24N2O2. The summed E-state index contributed by atoms with van der Waals surface area (Å²) in [5.74, 6) is 0.585. The molecule has 0 bridgehead atoms. The van der Waals surface area contributed by atoms with Crippen LogP contribution in [0.25, 0.3) is 0 Å². The molecule has 0 amide bonds. The Labute approximate surface area is 115 Å². The van der Waals surface area contributed by atoms with Gasteiger partial charge in [0.25, 0.3) is 0 Å². The van der Waals surface area contributed by atoms with Crippen LogP contribution in [0.4, 0.5) is 0 Å². The van der Waals surface area contributed by atoms with E-state index in [1.165, 1.54) is 18.4 Å². The van der Waals surface area contributed by atoms with Gasteiger partial charge in [0.2, 0.25) is 0 Å². The van der Waals surface area contributed by atoms with Crippen LogP contribution in [-0.2, 0) is 16.1 Å². The van der Waals surface area contributed by atoms with E-state index < -0.39 is 0 Å². The predicted molar refractivity (Wildman–Crippen MR) is 74.8 cm³/mol. The smallest absolute Gasteiger partial charge is 0.326 e. The minimum atomic E-state index is -0.177. The minimum Gasteiger partial charge on any atom is -0.462 e. The number of nitrogens with zero attached hydrogens (tertiary/aromatic N) is 1. The third kappa shape index (κ3) is 4.10. The highest BCUT2D eigenvalue weighted by molar-refractivity contribution is 5.69. The summed E-state index contributed by atoms with van der Waals surface area (Å²) in [4.78, 5) is 11.6. The molecule has 1 aliphatic rings. The highest BCUT2D eigenvalue weighted by Crippen LogP contribution is 2.40. The van der Waals surface area contributed by atoms with E-state index in [-0.39, 0.29) is 12.1 Å². The van der Waals surface area contributed by atoms with E-state index in [0.29, 0.717) is 12.6 Å². The molecule has 1 heterocycles. The SMILES string of the molecule is CCNC(c1ccn(CC(=O)OC(C)C)c1)C1CC1. The highest BCUT2D eigenvalue weighted by atomic mass is 16.5. The number of rotatable bonds is 7. The molecule has 1 N–H and O–H groups in total. The summed E-state index contributed by atoms with van der Waals surface area (Å²) >= 11 is 0. The zero-order chi connectivity index (χ0) is 13.8. The second-order valence-corrected chi connectivity index (χ2v) is 5.53. The second-order valence-electron chi connectivity index (χ2n) is 5.53. The number of ether oxygens (including phenoxy) is 1. The molecular weight excluding hydrogens is 240 g/mol. The van der Waals surface area contributed by atoms with E-state index in [0.717, 1.165) is 12.5 Å². The Bertz CT molecular complexity index is 422. The van der Waals surface area contributed by atoms with Crippen molar-refractivity contribution in [2.24, 2.45) is 5.92 Å². The molecule has 4 nitrogen and oxygen atoms in total. The van der Waals surface area contributed by atoms with Gasteiger partial charge in [-0.05, 0) is 50.8 Å². The standard InChI is InChI=1S/C15H24N2O2/c1-4-16-15(12-5-6-12)13-7-8-17(9-13)10-14(18)19-11(2)3/h7-9,11-12,15-16H,4-6,10H2,1-3H3. The first-order valence-corrected chi connectivity index (χ1v) is 7.18. The molecule has 0 radical (unpaired) electrons. The maximum absolute atomic E-state index is 11.6. The van der Waals surface area contributed by atoms with Gasteiger partial charge >= 0.3 is 5.97 Å².